The van der Waals surface area contributed by atoms with Gasteiger partial charge in [-0.3, -0.25) is 0 Å². The summed E-state index contributed by atoms with van der Waals surface area (Å²) >= 11 is 0. The fraction of sp³-hybridized carbons (Fsp3) is 1.00. The van der Waals surface area contributed by atoms with Gasteiger partial charge < -0.3 is 5.73 Å². The first-order valence-corrected chi connectivity index (χ1v) is 6.49. The van der Waals surface area contributed by atoms with Crippen molar-refractivity contribution in [2.24, 2.45) is 17.6 Å². The highest BCUT2D eigenvalue weighted by Gasteiger charge is 2.22. The zero-order chi connectivity index (χ0) is 10.4. The van der Waals surface area contributed by atoms with E-state index in [-0.39, 0.29) is 0 Å². The van der Waals surface area contributed by atoms with Gasteiger partial charge in [0.2, 0.25) is 0 Å². The van der Waals surface area contributed by atoms with Gasteiger partial charge in [-0.05, 0) is 31.1 Å². The highest BCUT2D eigenvalue weighted by Crippen LogP contribution is 2.31. The molecular formula is C13H27N. The van der Waals surface area contributed by atoms with Crippen molar-refractivity contribution in [3.8, 4) is 0 Å². The van der Waals surface area contributed by atoms with Crippen LogP contribution in [0.3, 0.4) is 0 Å². The Hall–Kier alpha value is -0.0400. The summed E-state index contributed by atoms with van der Waals surface area (Å²) in [5.74, 6) is 1.79. The molecule has 2 N–H and O–H groups in total. The Bertz CT molecular complexity index is 136. The molecule has 0 heterocycles. The van der Waals surface area contributed by atoms with E-state index in [0.717, 1.165) is 11.8 Å². The van der Waals surface area contributed by atoms with E-state index in [4.69, 9.17) is 5.73 Å². The molecule has 0 aromatic carbocycles. The minimum atomic E-state index is 0.494. The van der Waals surface area contributed by atoms with Crippen molar-refractivity contribution >= 4 is 0 Å². The predicted octanol–water partition coefficient (Wildman–Crippen LogP) is 3.72. The number of rotatable bonds is 5. The molecule has 0 aromatic rings. The Morgan fingerprint density at radius 2 is 1.79 bits per heavy atom. The van der Waals surface area contributed by atoms with E-state index in [1.54, 1.807) is 0 Å². The SMILES string of the molecule is CCCCCC(N)C1CCC(C)CC1. The third-order valence-corrected chi connectivity index (χ3v) is 3.81. The molecule has 0 radical (unpaired) electrons. The van der Waals surface area contributed by atoms with Gasteiger partial charge >= 0.3 is 0 Å². The Morgan fingerprint density at radius 3 is 2.36 bits per heavy atom. The van der Waals surface area contributed by atoms with Crippen LogP contribution in [0, 0.1) is 11.8 Å². The van der Waals surface area contributed by atoms with Crippen molar-refractivity contribution in [3.63, 3.8) is 0 Å². The second-order valence-electron chi connectivity index (χ2n) is 5.18. The normalized spacial score (nSPS) is 30.2. The Kier molecular flexibility index (Phi) is 5.54. The van der Waals surface area contributed by atoms with Gasteiger partial charge in [0.05, 0.1) is 0 Å². The largest absolute Gasteiger partial charge is 0.327 e. The molecule has 1 saturated carbocycles. The smallest absolute Gasteiger partial charge is 0.00671 e. The maximum absolute atomic E-state index is 6.23. The van der Waals surface area contributed by atoms with Gasteiger partial charge in [-0.1, -0.05) is 46.0 Å². The molecule has 1 aliphatic rings. The monoisotopic (exact) mass is 197 g/mol. The first-order valence-electron chi connectivity index (χ1n) is 6.49. The number of unbranched alkanes of at least 4 members (excludes halogenated alkanes) is 2. The van der Waals surface area contributed by atoms with Crippen LogP contribution in [0.15, 0.2) is 0 Å². The minimum Gasteiger partial charge on any atom is -0.327 e. The Morgan fingerprint density at radius 1 is 1.14 bits per heavy atom. The summed E-state index contributed by atoms with van der Waals surface area (Å²) in [6.07, 6.45) is 10.9. The Balaban J connectivity index is 2.13. The van der Waals surface area contributed by atoms with Crippen LogP contribution in [0.5, 0.6) is 0 Å². The highest BCUT2D eigenvalue weighted by atomic mass is 14.6. The summed E-state index contributed by atoms with van der Waals surface area (Å²) in [5.41, 5.74) is 6.23. The molecule has 1 rings (SSSR count). The third-order valence-electron chi connectivity index (χ3n) is 3.81. The molecule has 0 aliphatic heterocycles. The van der Waals surface area contributed by atoms with Crippen LogP contribution in [0.4, 0.5) is 0 Å². The van der Waals surface area contributed by atoms with Crippen molar-refractivity contribution in [1.29, 1.82) is 0 Å². The van der Waals surface area contributed by atoms with Crippen LogP contribution in [-0.2, 0) is 0 Å². The van der Waals surface area contributed by atoms with Crippen molar-refractivity contribution < 1.29 is 0 Å². The summed E-state index contributed by atoms with van der Waals surface area (Å²) in [7, 11) is 0. The molecule has 0 spiro atoms. The molecule has 1 unspecified atom stereocenters. The van der Waals surface area contributed by atoms with Gasteiger partial charge in [0.25, 0.3) is 0 Å². The molecule has 0 bridgehead atoms. The topological polar surface area (TPSA) is 26.0 Å². The van der Waals surface area contributed by atoms with Crippen LogP contribution in [-0.4, -0.2) is 6.04 Å². The van der Waals surface area contributed by atoms with E-state index in [9.17, 15) is 0 Å². The quantitative estimate of drug-likeness (QED) is 0.668. The molecular weight excluding hydrogens is 170 g/mol. The third kappa shape index (κ3) is 4.00. The lowest BCUT2D eigenvalue weighted by Gasteiger charge is -2.30. The summed E-state index contributed by atoms with van der Waals surface area (Å²) in [5, 5.41) is 0. The van der Waals surface area contributed by atoms with E-state index in [1.807, 2.05) is 0 Å². The maximum Gasteiger partial charge on any atom is 0.00671 e. The standard InChI is InChI=1S/C13H27N/c1-3-4-5-6-13(14)12-9-7-11(2)8-10-12/h11-13H,3-10,14H2,1-2H3. The second-order valence-corrected chi connectivity index (χ2v) is 5.18. The fourth-order valence-corrected chi connectivity index (χ4v) is 2.58. The minimum absolute atomic E-state index is 0.494. The van der Waals surface area contributed by atoms with Crippen molar-refractivity contribution in [2.45, 2.75) is 71.3 Å². The van der Waals surface area contributed by atoms with Gasteiger partial charge in [-0.15, -0.1) is 0 Å². The molecule has 1 fully saturated rings. The van der Waals surface area contributed by atoms with Gasteiger partial charge in [0.15, 0.2) is 0 Å². The molecule has 14 heavy (non-hydrogen) atoms. The van der Waals surface area contributed by atoms with Gasteiger partial charge in [-0.2, -0.15) is 0 Å². The maximum atomic E-state index is 6.23. The Labute approximate surface area is 89.5 Å². The first kappa shape index (κ1) is 12.0. The second kappa shape index (κ2) is 6.44. The van der Waals surface area contributed by atoms with Crippen LogP contribution in [0.2, 0.25) is 0 Å². The van der Waals surface area contributed by atoms with E-state index < -0.39 is 0 Å². The molecule has 84 valence electrons. The lowest BCUT2D eigenvalue weighted by atomic mass is 9.78. The average molecular weight is 197 g/mol. The lowest BCUT2D eigenvalue weighted by molar-refractivity contribution is 0.245. The fourth-order valence-electron chi connectivity index (χ4n) is 2.58. The molecule has 1 aliphatic carbocycles. The molecule has 0 saturated heterocycles. The van der Waals surface area contributed by atoms with Gasteiger partial charge in [0.1, 0.15) is 0 Å². The number of hydrogen-bond acceptors (Lipinski definition) is 1. The average Bonchev–Trinajstić information content (AvgIpc) is 2.19. The zero-order valence-electron chi connectivity index (χ0n) is 9.97. The summed E-state index contributed by atoms with van der Waals surface area (Å²) in [6, 6.07) is 0.494. The van der Waals surface area contributed by atoms with Crippen molar-refractivity contribution in [1.82, 2.24) is 0 Å². The molecule has 0 amide bonds. The molecule has 1 nitrogen and oxygen atoms in total. The summed E-state index contributed by atoms with van der Waals surface area (Å²) in [6.45, 7) is 4.63. The van der Waals surface area contributed by atoms with Crippen LogP contribution >= 0.6 is 0 Å². The predicted molar refractivity (Wildman–Crippen MR) is 63.2 cm³/mol. The van der Waals surface area contributed by atoms with Gasteiger partial charge in [0, 0.05) is 6.04 Å². The molecule has 1 atom stereocenters. The molecule has 0 aromatic heterocycles. The summed E-state index contributed by atoms with van der Waals surface area (Å²) in [4.78, 5) is 0. The van der Waals surface area contributed by atoms with E-state index >= 15 is 0 Å². The van der Waals surface area contributed by atoms with Crippen LogP contribution in [0.25, 0.3) is 0 Å². The van der Waals surface area contributed by atoms with Crippen LogP contribution < -0.4 is 5.73 Å². The zero-order valence-corrected chi connectivity index (χ0v) is 9.97. The first-order chi connectivity index (χ1) is 6.74. The van der Waals surface area contributed by atoms with Crippen molar-refractivity contribution in [2.75, 3.05) is 0 Å². The van der Waals surface area contributed by atoms with E-state index in [0.29, 0.717) is 6.04 Å². The van der Waals surface area contributed by atoms with Crippen LogP contribution in [0.1, 0.15) is 65.2 Å². The number of hydrogen-bond donors (Lipinski definition) is 1. The number of nitrogens with two attached hydrogens (primary N) is 1. The molecule has 1 heteroatoms. The van der Waals surface area contributed by atoms with Gasteiger partial charge in [-0.25, -0.2) is 0 Å². The lowest BCUT2D eigenvalue weighted by Crippen LogP contribution is -2.32. The van der Waals surface area contributed by atoms with E-state index in [1.165, 1.54) is 51.4 Å². The van der Waals surface area contributed by atoms with Crippen molar-refractivity contribution in [3.05, 3.63) is 0 Å². The highest BCUT2D eigenvalue weighted by molar-refractivity contribution is 4.78. The van der Waals surface area contributed by atoms with E-state index in [2.05, 4.69) is 13.8 Å². The summed E-state index contributed by atoms with van der Waals surface area (Å²) < 4.78 is 0.